The second-order valence-corrected chi connectivity index (χ2v) is 8.50. The summed E-state index contributed by atoms with van der Waals surface area (Å²) < 4.78 is 31.6. The Morgan fingerprint density at radius 1 is 1.25 bits per heavy atom. The van der Waals surface area contributed by atoms with Gasteiger partial charge in [-0.1, -0.05) is 45.0 Å². The molecule has 110 valence electrons. The van der Waals surface area contributed by atoms with E-state index in [0.717, 1.165) is 0 Å². The Morgan fingerprint density at radius 3 is 2.35 bits per heavy atom. The van der Waals surface area contributed by atoms with E-state index in [1.165, 1.54) is 0 Å². The zero-order valence-electron chi connectivity index (χ0n) is 12.2. The topological polar surface area (TPSA) is 43.4 Å². The van der Waals surface area contributed by atoms with Crippen LogP contribution in [0.3, 0.4) is 0 Å². The van der Waals surface area contributed by atoms with Crippen LogP contribution >= 0.6 is 0 Å². The van der Waals surface area contributed by atoms with E-state index < -0.39 is 15.1 Å². The molecule has 1 saturated heterocycles. The van der Waals surface area contributed by atoms with E-state index in [0.29, 0.717) is 11.3 Å². The van der Waals surface area contributed by atoms with Gasteiger partial charge in [0.25, 0.3) is 0 Å². The molecule has 4 heteroatoms. The van der Waals surface area contributed by atoms with Crippen LogP contribution in [0, 0.1) is 5.41 Å². The minimum atomic E-state index is -3.39. The zero-order chi connectivity index (χ0) is 15.0. The van der Waals surface area contributed by atoms with Gasteiger partial charge in [0, 0.05) is 0 Å². The average Bonchev–Trinajstić information content (AvgIpc) is 2.84. The first-order valence-electron chi connectivity index (χ1n) is 6.84. The number of sulfone groups is 1. The first-order valence-corrected chi connectivity index (χ1v) is 8.38. The van der Waals surface area contributed by atoms with Crippen LogP contribution < -0.4 is 0 Å². The van der Waals surface area contributed by atoms with E-state index in [4.69, 9.17) is 4.74 Å². The fourth-order valence-electron chi connectivity index (χ4n) is 2.67. The van der Waals surface area contributed by atoms with Gasteiger partial charge in [-0.25, -0.2) is 8.42 Å². The van der Waals surface area contributed by atoms with Gasteiger partial charge in [-0.2, -0.15) is 0 Å². The van der Waals surface area contributed by atoms with Gasteiger partial charge in [0.05, 0.1) is 22.4 Å². The Balaban J connectivity index is 2.41. The molecule has 0 aromatic heterocycles. The van der Waals surface area contributed by atoms with Crippen molar-refractivity contribution in [3.8, 4) is 0 Å². The third kappa shape index (κ3) is 2.81. The van der Waals surface area contributed by atoms with Crippen molar-refractivity contribution in [3.05, 3.63) is 43.0 Å². The largest absolute Gasteiger partial charge is 0.369 e. The molecule has 3 atom stereocenters. The summed E-state index contributed by atoms with van der Waals surface area (Å²) >= 11 is 0. The lowest BCUT2D eigenvalue weighted by molar-refractivity contribution is 0.00352. The average molecular weight is 294 g/mol. The van der Waals surface area contributed by atoms with Crippen molar-refractivity contribution >= 4 is 9.84 Å². The third-order valence-corrected chi connectivity index (χ3v) is 5.88. The molecule has 0 bridgehead atoms. The van der Waals surface area contributed by atoms with Crippen LogP contribution in [0.2, 0.25) is 0 Å². The van der Waals surface area contributed by atoms with E-state index in [9.17, 15) is 8.42 Å². The molecular formula is C16H22O3S. The fraction of sp³-hybridized carbons (Fsp3) is 0.500. The molecule has 1 aliphatic rings. The fourth-order valence-corrected chi connectivity index (χ4v) is 4.80. The molecule has 0 spiro atoms. The van der Waals surface area contributed by atoms with Crippen molar-refractivity contribution < 1.29 is 13.2 Å². The molecule has 1 aliphatic heterocycles. The van der Waals surface area contributed by atoms with Crippen LogP contribution in [-0.2, 0) is 14.6 Å². The summed E-state index contributed by atoms with van der Waals surface area (Å²) in [6.45, 7) is 9.76. The zero-order valence-corrected chi connectivity index (χ0v) is 13.1. The molecule has 0 amide bonds. The molecule has 0 radical (unpaired) electrons. The van der Waals surface area contributed by atoms with Gasteiger partial charge < -0.3 is 4.74 Å². The minimum Gasteiger partial charge on any atom is -0.369 e. The lowest BCUT2D eigenvalue weighted by Gasteiger charge is -2.31. The summed E-state index contributed by atoms with van der Waals surface area (Å²) in [6, 6.07) is 8.62. The lowest BCUT2D eigenvalue weighted by atomic mass is 9.87. The van der Waals surface area contributed by atoms with Crippen LogP contribution in [0.25, 0.3) is 0 Å². The maximum Gasteiger partial charge on any atom is 0.183 e. The van der Waals surface area contributed by atoms with Crippen molar-refractivity contribution in [1.29, 1.82) is 0 Å². The highest BCUT2D eigenvalue weighted by atomic mass is 32.2. The van der Waals surface area contributed by atoms with E-state index in [2.05, 4.69) is 6.58 Å². The van der Waals surface area contributed by atoms with Crippen molar-refractivity contribution in [3.63, 3.8) is 0 Å². The van der Waals surface area contributed by atoms with E-state index in [1.807, 2.05) is 26.8 Å². The lowest BCUT2D eigenvalue weighted by Crippen LogP contribution is -2.39. The van der Waals surface area contributed by atoms with Crippen LogP contribution in [-0.4, -0.2) is 25.9 Å². The van der Waals surface area contributed by atoms with Gasteiger partial charge in [0.1, 0.15) is 0 Å². The molecule has 0 saturated carbocycles. The Bertz CT molecular complexity index is 569. The van der Waals surface area contributed by atoms with Gasteiger partial charge in [-0.15, -0.1) is 6.58 Å². The molecule has 1 aromatic rings. The molecule has 0 unspecified atom stereocenters. The summed E-state index contributed by atoms with van der Waals surface area (Å²) in [7, 11) is -3.39. The van der Waals surface area contributed by atoms with Crippen molar-refractivity contribution in [2.45, 2.75) is 49.5 Å². The third-order valence-electron chi connectivity index (χ3n) is 3.71. The maximum atomic E-state index is 12.8. The Hall–Kier alpha value is -1.13. The number of benzene rings is 1. The molecule has 1 aromatic carbocycles. The number of ether oxygens (including phenoxy) is 1. The predicted octanol–water partition coefficient (Wildman–Crippen LogP) is 3.22. The standard InChI is InChI=1S/C16H22O3S/c1-5-12-11-14(15(19-12)16(2,3)4)20(17,18)13-9-7-6-8-10-13/h5-10,12,14-15H,1,11H2,2-4H3/t12-,14-,15-/m1/s1. The molecule has 20 heavy (non-hydrogen) atoms. The van der Waals surface area contributed by atoms with Crippen LogP contribution in [0.4, 0.5) is 0 Å². The second kappa shape index (κ2) is 5.34. The molecule has 1 heterocycles. The van der Waals surface area contributed by atoms with Crippen molar-refractivity contribution in [2.75, 3.05) is 0 Å². The molecular weight excluding hydrogens is 272 g/mol. The molecule has 3 nitrogen and oxygen atoms in total. The van der Waals surface area contributed by atoms with Crippen molar-refractivity contribution in [2.24, 2.45) is 5.41 Å². The van der Waals surface area contributed by atoms with Gasteiger partial charge in [0.2, 0.25) is 0 Å². The number of rotatable bonds is 3. The van der Waals surface area contributed by atoms with E-state index >= 15 is 0 Å². The highest BCUT2D eigenvalue weighted by molar-refractivity contribution is 7.92. The first-order chi connectivity index (χ1) is 9.26. The van der Waals surface area contributed by atoms with Gasteiger partial charge in [-0.3, -0.25) is 0 Å². The Kier molecular flexibility index (Phi) is 4.07. The quantitative estimate of drug-likeness (QED) is 0.804. The Labute approximate surface area is 121 Å². The molecule has 2 rings (SSSR count). The molecule has 1 fully saturated rings. The van der Waals surface area contributed by atoms with Crippen molar-refractivity contribution in [1.82, 2.24) is 0 Å². The van der Waals surface area contributed by atoms with E-state index in [-0.39, 0.29) is 17.6 Å². The summed E-state index contributed by atoms with van der Waals surface area (Å²) in [5.74, 6) is 0. The minimum absolute atomic E-state index is 0.192. The van der Waals surface area contributed by atoms with E-state index in [1.54, 1.807) is 30.3 Å². The monoisotopic (exact) mass is 294 g/mol. The summed E-state index contributed by atoms with van der Waals surface area (Å²) in [4.78, 5) is 0.368. The highest BCUT2D eigenvalue weighted by Crippen LogP contribution is 2.39. The predicted molar refractivity (Wildman–Crippen MR) is 80.3 cm³/mol. The normalized spacial score (nSPS) is 27.4. The maximum absolute atomic E-state index is 12.8. The number of hydrogen-bond acceptors (Lipinski definition) is 3. The summed E-state index contributed by atoms with van der Waals surface area (Å²) in [5, 5.41) is -0.520. The highest BCUT2D eigenvalue weighted by Gasteiger charge is 2.47. The molecule has 0 aliphatic carbocycles. The second-order valence-electron chi connectivity index (χ2n) is 6.33. The van der Waals surface area contributed by atoms with Crippen LogP contribution in [0.15, 0.2) is 47.9 Å². The first kappa shape index (κ1) is 15.3. The molecule has 0 N–H and O–H groups in total. The smallest absolute Gasteiger partial charge is 0.183 e. The number of hydrogen-bond donors (Lipinski definition) is 0. The summed E-state index contributed by atoms with van der Waals surface area (Å²) in [6.07, 6.45) is 1.65. The van der Waals surface area contributed by atoms with Gasteiger partial charge >= 0.3 is 0 Å². The Morgan fingerprint density at radius 2 is 1.85 bits per heavy atom. The van der Waals surface area contributed by atoms with Crippen LogP contribution in [0.5, 0.6) is 0 Å². The van der Waals surface area contributed by atoms with Gasteiger partial charge in [0.15, 0.2) is 9.84 Å². The summed E-state index contributed by atoms with van der Waals surface area (Å²) in [5.41, 5.74) is -0.232. The van der Waals surface area contributed by atoms with Crippen LogP contribution in [0.1, 0.15) is 27.2 Å². The van der Waals surface area contributed by atoms with Gasteiger partial charge in [-0.05, 0) is 24.0 Å². The SMILES string of the molecule is C=C[C@@H]1C[C@@H](S(=O)(=O)c2ccccc2)[C@H](C(C)(C)C)O1.